The van der Waals surface area contributed by atoms with Gasteiger partial charge < -0.3 is 5.32 Å². The van der Waals surface area contributed by atoms with Crippen LogP contribution in [0.25, 0.3) is 16.7 Å². The topological polar surface area (TPSA) is 55.6 Å². The van der Waals surface area contributed by atoms with E-state index in [-0.39, 0.29) is 0 Å². The first-order valence-corrected chi connectivity index (χ1v) is 7.40. The van der Waals surface area contributed by atoms with Crippen LogP contribution in [0.4, 0.5) is 11.6 Å². The number of aromatic nitrogens is 4. The second-order valence-corrected chi connectivity index (χ2v) is 5.23. The minimum Gasteiger partial charge on any atom is -0.324 e. The van der Waals surface area contributed by atoms with Gasteiger partial charge in [0.1, 0.15) is 5.82 Å². The second kappa shape index (κ2) is 5.53. The monoisotopic (exact) mass is 301 g/mol. The van der Waals surface area contributed by atoms with Gasteiger partial charge in [0, 0.05) is 23.8 Å². The molecule has 112 valence electrons. The fourth-order valence-corrected chi connectivity index (χ4v) is 2.67. The number of hydrogen-bond acceptors (Lipinski definition) is 4. The third-order valence-corrected chi connectivity index (χ3v) is 3.66. The molecule has 2 aromatic carbocycles. The van der Waals surface area contributed by atoms with Crippen LogP contribution in [-0.2, 0) is 0 Å². The van der Waals surface area contributed by atoms with Gasteiger partial charge in [-0.2, -0.15) is 0 Å². The van der Waals surface area contributed by atoms with E-state index < -0.39 is 0 Å². The number of benzene rings is 2. The Labute approximate surface area is 133 Å². The Morgan fingerprint density at radius 3 is 2.48 bits per heavy atom. The van der Waals surface area contributed by atoms with Crippen molar-refractivity contribution in [2.24, 2.45) is 0 Å². The molecule has 1 N–H and O–H groups in total. The van der Waals surface area contributed by atoms with Gasteiger partial charge in [0.15, 0.2) is 0 Å². The number of fused-ring (bicyclic) bond motifs is 1. The van der Waals surface area contributed by atoms with Crippen LogP contribution in [0.2, 0.25) is 0 Å². The Balaban J connectivity index is 1.77. The molecule has 0 bridgehead atoms. The van der Waals surface area contributed by atoms with Gasteiger partial charge in [-0.1, -0.05) is 18.2 Å². The van der Waals surface area contributed by atoms with Gasteiger partial charge in [0.05, 0.1) is 11.0 Å². The Bertz CT molecular complexity index is 945. The summed E-state index contributed by atoms with van der Waals surface area (Å²) in [5.74, 6) is 1.53. The molecule has 4 aromatic rings. The van der Waals surface area contributed by atoms with E-state index in [1.807, 2.05) is 37.3 Å². The molecule has 0 unspecified atom stereocenters. The number of aryl methyl sites for hydroxylation is 1. The molecular weight excluding hydrogens is 286 g/mol. The van der Waals surface area contributed by atoms with Crippen molar-refractivity contribution < 1.29 is 0 Å². The predicted octanol–water partition coefficient (Wildman–Crippen LogP) is 3.87. The molecule has 5 nitrogen and oxygen atoms in total. The molecule has 0 aliphatic carbocycles. The molecule has 0 atom stereocenters. The van der Waals surface area contributed by atoms with Gasteiger partial charge in [0.25, 0.3) is 0 Å². The fraction of sp³-hybridized carbons (Fsp3) is 0.0556. The first kappa shape index (κ1) is 13.5. The number of nitrogens with zero attached hydrogens (tertiary/aromatic N) is 4. The van der Waals surface area contributed by atoms with Crippen LogP contribution in [-0.4, -0.2) is 19.5 Å². The van der Waals surface area contributed by atoms with E-state index in [0.717, 1.165) is 28.2 Å². The minimum atomic E-state index is 0.575. The summed E-state index contributed by atoms with van der Waals surface area (Å²) in [6.07, 6.45) is 3.42. The van der Waals surface area contributed by atoms with E-state index >= 15 is 0 Å². The molecule has 23 heavy (non-hydrogen) atoms. The van der Waals surface area contributed by atoms with Crippen molar-refractivity contribution in [1.82, 2.24) is 19.5 Å². The number of rotatable bonds is 3. The number of hydrogen-bond donors (Lipinski definition) is 1. The fourth-order valence-electron chi connectivity index (χ4n) is 2.67. The first-order chi connectivity index (χ1) is 11.3. The molecule has 2 heterocycles. The molecule has 0 aliphatic heterocycles. The summed E-state index contributed by atoms with van der Waals surface area (Å²) in [5, 5.41) is 3.19. The lowest BCUT2D eigenvalue weighted by Gasteiger charge is -2.07. The first-order valence-electron chi connectivity index (χ1n) is 7.40. The van der Waals surface area contributed by atoms with Crippen molar-refractivity contribution in [2.75, 3.05) is 5.32 Å². The van der Waals surface area contributed by atoms with Crippen LogP contribution in [0, 0.1) is 6.92 Å². The van der Waals surface area contributed by atoms with Crippen molar-refractivity contribution in [1.29, 1.82) is 0 Å². The SMILES string of the molecule is Cc1nc2cc(Nc3ncccn3)ccc2n1-c1ccccc1. The van der Waals surface area contributed by atoms with Crippen LogP contribution in [0.3, 0.4) is 0 Å². The zero-order chi connectivity index (χ0) is 15.6. The highest BCUT2D eigenvalue weighted by Gasteiger charge is 2.09. The zero-order valence-corrected chi connectivity index (χ0v) is 12.6. The summed E-state index contributed by atoms with van der Waals surface area (Å²) in [6.45, 7) is 2.01. The van der Waals surface area contributed by atoms with Gasteiger partial charge in [-0.15, -0.1) is 0 Å². The van der Waals surface area contributed by atoms with Crippen LogP contribution in [0.5, 0.6) is 0 Å². The Morgan fingerprint density at radius 2 is 1.70 bits per heavy atom. The molecule has 0 aliphatic rings. The van der Waals surface area contributed by atoms with Crippen LogP contribution >= 0.6 is 0 Å². The van der Waals surface area contributed by atoms with E-state index in [2.05, 4.69) is 43.0 Å². The van der Waals surface area contributed by atoms with Gasteiger partial charge in [-0.25, -0.2) is 15.0 Å². The van der Waals surface area contributed by atoms with Gasteiger partial charge in [-0.05, 0) is 43.3 Å². The van der Waals surface area contributed by atoms with Crippen molar-refractivity contribution >= 4 is 22.7 Å². The maximum absolute atomic E-state index is 4.67. The van der Waals surface area contributed by atoms with E-state index in [1.165, 1.54) is 0 Å². The molecule has 0 radical (unpaired) electrons. The molecule has 5 heteroatoms. The van der Waals surface area contributed by atoms with Crippen LogP contribution in [0.15, 0.2) is 67.0 Å². The van der Waals surface area contributed by atoms with Crippen molar-refractivity contribution in [3.05, 3.63) is 72.8 Å². The Hall–Kier alpha value is -3.21. The number of imidazole rings is 1. The summed E-state index contributed by atoms with van der Waals surface area (Å²) >= 11 is 0. The van der Waals surface area contributed by atoms with E-state index in [4.69, 9.17) is 0 Å². The lowest BCUT2D eigenvalue weighted by atomic mass is 10.2. The smallest absolute Gasteiger partial charge is 0.227 e. The van der Waals surface area contributed by atoms with Gasteiger partial charge >= 0.3 is 0 Å². The maximum atomic E-state index is 4.67. The molecular formula is C18H15N5. The van der Waals surface area contributed by atoms with Gasteiger partial charge in [0.2, 0.25) is 5.95 Å². The largest absolute Gasteiger partial charge is 0.324 e. The lowest BCUT2D eigenvalue weighted by Crippen LogP contribution is -1.97. The lowest BCUT2D eigenvalue weighted by molar-refractivity contribution is 1.00. The standard InChI is InChI=1S/C18H15N5/c1-13-21-16-12-14(22-18-19-10-5-11-20-18)8-9-17(16)23(13)15-6-3-2-4-7-15/h2-12H,1H3,(H,19,20,22). The normalized spacial score (nSPS) is 10.8. The Morgan fingerprint density at radius 1 is 0.913 bits per heavy atom. The number of nitrogens with one attached hydrogen (secondary N) is 1. The van der Waals surface area contributed by atoms with E-state index in [0.29, 0.717) is 5.95 Å². The Kier molecular flexibility index (Phi) is 3.24. The highest BCUT2D eigenvalue weighted by Crippen LogP contribution is 2.24. The maximum Gasteiger partial charge on any atom is 0.227 e. The summed E-state index contributed by atoms with van der Waals surface area (Å²) in [4.78, 5) is 13.0. The molecule has 0 spiro atoms. The minimum absolute atomic E-state index is 0.575. The summed E-state index contributed by atoms with van der Waals surface area (Å²) < 4.78 is 2.15. The number of para-hydroxylation sites is 1. The van der Waals surface area contributed by atoms with E-state index in [9.17, 15) is 0 Å². The molecule has 2 aromatic heterocycles. The number of anilines is 2. The third-order valence-electron chi connectivity index (χ3n) is 3.66. The van der Waals surface area contributed by atoms with Crippen LogP contribution in [0.1, 0.15) is 5.82 Å². The molecule has 0 fully saturated rings. The van der Waals surface area contributed by atoms with Gasteiger partial charge in [-0.3, -0.25) is 4.57 Å². The van der Waals surface area contributed by atoms with Crippen LogP contribution < -0.4 is 5.32 Å². The average molecular weight is 301 g/mol. The van der Waals surface area contributed by atoms with Crippen molar-refractivity contribution in [3.63, 3.8) is 0 Å². The average Bonchev–Trinajstić information content (AvgIpc) is 2.91. The van der Waals surface area contributed by atoms with Crippen molar-refractivity contribution in [2.45, 2.75) is 6.92 Å². The predicted molar refractivity (Wildman–Crippen MR) is 91.1 cm³/mol. The summed E-state index contributed by atoms with van der Waals surface area (Å²) in [5.41, 5.74) is 4.04. The second-order valence-electron chi connectivity index (χ2n) is 5.23. The summed E-state index contributed by atoms with van der Waals surface area (Å²) in [7, 11) is 0. The molecule has 0 saturated carbocycles. The van der Waals surface area contributed by atoms with Crippen molar-refractivity contribution in [3.8, 4) is 5.69 Å². The molecule has 0 amide bonds. The quantitative estimate of drug-likeness (QED) is 0.624. The zero-order valence-electron chi connectivity index (χ0n) is 12.6. The third kappa shape index (κ3) is 2.53. The summed E-state index contributed by atoms with van der Waals surface area (Å²) in [6, 6.07) is 18.1. The van der Waals surface area contributed by atoms with E-state index in [1.54, 1.807) is 18.5 Å². The highest BCUT2D eigenvalue weighted by atomic mass is 15.1. The molecule has 0 saturated heterocycles. The molecule has 4 rings (SSSR count). The highest BCUT2D eigenvalue weighted by molar-refractivity contribution is 5.82.